The fraction of sp³-hybridized carbons (Fsp3) is 0.200. The molecule has 2 aliphatic rings. The van der Waals surface area contributed by atoms with Crippen molar-refractivity contribution in [2.45, 2.75) is 12.1 Å². The summed E-state index contributed by atoms with van der Waals surface area (Å²) in [7, 11) is 1.53. The summed E-state index contributed by atoms with van der Waals surface area (Å²) in [6.07, 6.45) is 1.61. The Morgan fingerprint density at radius 1 is 1.23 bits per heavy atom. The van der Waals surface area contributed by atoms with Crippen LogP contribution in [-0.4, -0.2) is 41.4 Å². The maximum absolute atomic E-state index is 13.0. The first-order chi connectivity index (χ1) is 14.0. The number of methoxy groups -OCH3 is 1. The van der Waals surface area contributed by atoms with Crippen LogP contribution >= 0.6 is 0 Å². The van der Waals surface area contributed by atoms with Gasteiger partial charge in [-0.3, -0.25) is 19.9 Å². The number of nitrogens with one attached hydrogen (secondary N) is 2. The van der Waals surface area contributed by atoms with Crippen molar-refractivity contribution in [2.75, 3.05) is 13.7 Å². The number of carbonyl (C=O) groups is 3. The summed E-state index contributed by atoms with van der Waals surface area (Å²) >= 11 is 0. The summed E-state index contributed by atoms with van der Waals surface area (Å²) < 4.78 is 11.0. The van der Waals surface area contributed by atoms with E-state index in [2.05, 4.69) is 15.6 Å². The normalized spacial score (nSPS) is 20.0. The largest absolute Gasteiger partial charge is 1.00 e. The van der Waals surface area contributed by atoms with Crippen molar-refractivity contribution in [2.24, 2.45) is 0 Å². The van der Waals surface area contributed by atoms with Gasteiger partial charge in [0.1, 0.15) is 17.0 Å². The minimum atomic E-state index is -1.54. The van der Waals surface area contributed by atoms with Gasteiger partial charge in [-0.1, -0.05) is 6.07 Å². The van der Waals surface area contributed by atoms with Crippen molar-refractivity contribution in [3.63, 3.8) is 0 Å². The third-order valence-electron chi connectivity index (χ3n) is 5.27. The van der Waals surface area contributed by atoms with Gasteiger partial charge in [-0.05, 0) is 29.8 Å². The molecule has 0 radical (unpaired) electrons. The summed E-state index contributed by atoms with van der Waals surface area (Å²) in [5, 5.41) is 4.90. The van der Waals surface area contributed by atoms with Gasteiger partial charge in [0.05, 0.1) is 13.7 Å². The molecule has 2 aromatic heterocycles. The Morgan fingerprint density at radius 3 is 2.77 bits per heavy atom. The zero-order valence-corrected chi connectivity index (χ0v) is 18.4. The van der Waals surface area contributed by atoms with Gasteiger partial charge in [-0.15, -0.1) is 0 Å². The second kappa shape index (κ2) is 7.42. The smallest absolute Gasteiger partial charge is 0.497 e. The Morgan fingerprint density at radius 2 is 2.07 bits per heavy atom. The average molecular weight is 415 g/mol. The average Bonchev–Trinajstić information content (AvgIpc) is 3.36. The Balaban J connectivity index is 0.00000218. The van der Waals surface area contributed by atoms with Gasteiger partial charge < -0.3 is 19.4 Å². The van der Waals surface area contributed by atoms with E-state index in [-0.39, 0.29) is 47.8 Å². The molecule has 9 nitrogen and oxygen atoms in total. The first-order valence-corrected chi connectivity index (χ1v) is 8.95. The molecule has 1 aromatic carbocycles. The number of urea groups is 1. The molecule has 146 valence electrons. The quantitative estimate of drug-likeness (QED) is 0.397. The predicted octanol–water partition coefficient (Wildman–Crippen LogP) is -1.47. The predicted molar refractivity (Wildman–Crippen MR) is 100 cm³/mol. The van der Waals surface area contributed by atoms with Crippen LogP contribution in [-0.2, 0) is 16.9 Å². The van der Waals surface area contributed by atoms with Crippen LogP contribution in [0.3, 0.4) is 0 Å². The molecule has 1 saturated heterocycles. The minimum Gasteiger partial charge on any atom is -0.497 e. The van der Waals surface area contributed by atoms with E-state index in [1.54, 1.807) is 36.5 Å². The van der Waals surface area contributed by atoms with E-state index in [0.29, 0.717) is 29.0 Å². The molecule has 10 heteroatoms. The number of furan rings is 1. The van der Waals surface area contributed by atoms with Crippen molar-refractivity contribution in [3.8, 4) is 5.75 Å². The van der Waals surface area contributed by atoms with E-state index < -0.39 is 17.5 Å². The fourth-order valence-corrected chi connectivity index (χ4v) is 3.82. The number of imide groups is 1. The number of carbonyl (C=O) groups excluding carboxylic acids is 3. The van der Waals surface area contributed by atoms with E-state index in [9.17, 15) is 14.4 Å². The Kier molecular flexibility index (Phi) is 5.05. The molecule has 0 bridgehead atoms. The standard InChI is InChI=1S/C20H16N4O5.Na/c1-28-12-5-4-11-9-24(17(25)13(11)7-12)10-20(18(26)22-19(27)23-20)16-8-14-15(29-16)3-2-6-21-14;/h2-8H,9-10H2,1H3,(H2,22,23,26,27);/q;+1/t20-;/m0./s1. The first-order valence-electron chi connectivity index (χ1n) is 8.95. The number of fused-ring (bicyclic) bond motifs is 2. The van der Waals surface area contributed by atoms with Crippen LogP contribution in [0.1, 0.15) is 21.7 Å². The van der Waals surface area contributed by atoms with Crippen molar-refractivity contribution >= 4 is 28.9 Å². The molecule has 1 atom stereocenters. The molecule has 0 unspecified atom stereocenters. The SMILES string of the molecule is COc1ccc2c(c1)C(=O)N(C[C@@]1(c3cc4ncccc4o3)NC(=O)NC1=O)C2.[Na+]. The number of aromatic nitrogens is 1. The van der Waals surface area contributed by atoms with Crippen LogP contribution in [0.4, 0.5) is 4.79 Å². The van der Waals surface area contributed by atoms with Crippen molar-refractivity contribution in [3.05, 3.63) is 59.5 Å². The van der Waals surface area contributed by atoms with Gasteiger partial charge in [0.15, 0.2) is 11.1 Å². The van der Waals surface area contributed by atoms with Crippen LogP contribution < -0.4 is 44.9 Å². The molecular formula is C20H16N4NaO5+. The Labute approximate surface area is 193 Å². The van der Waals surface area contributed by atoms with Gasteiger partial charge in [-0.25, -0.2) is 4.79 Å². The molecule has 0 spiro atoms. The van der Waals surface area contributed by atoms with Crippen molar-refractivity contribution in [1.82, 2.24) is 20.5 Å². The summed E-state index contributed by atoms with van der Waals surface area (Å²) in [6.45, 7) is 0.224. The summed E-state index contributed by atoms with van der Waals surface area (Å²) in [5.74, 6) is -0.0378. The van der Waals surface area contributed by atoms with Crippen LogP contribution in [0.15, 0.2) is 47.0 Å². The molecule has 4 heterocycles. The number of pyridine rings is 1. The molecule has 1 fully saturated rings. The van der Waals surface area contributed by atoms with Gasteiger partial charge in [-0.2, -0.15) is 0 Å². The third-order valence-corrected chi connectivity index (χ3v) is 5.27. The van der Waals surface area contributed by atoms with Gasteiger partial charge in [0.2, 0.25) is 0 Å². The van der Waals surface area contributed by atoms with E-state index in [1.807, 2.05) is 6.07 Å². The van der Waals surface area contributed by atoms with Crippen LogP contribution in [0.5, 0.6) is 5.75 Å². The number of rotatable bonds is 4. The van der Waals surface area contributed by atoms with E-state index >= 15 is 0 Å². The monoisotopic (exact) mass is 415 g/mol. The van der Waals surface area contributed by atoms with Crippen LogP contribution in [0, 0.1) is 0 Å². The minimum absolute atomic E-state index is 0. The van der Waals surface area contributed by atoms with Crippen LogP contribution in [0.25, 0.3) is 11.1 Å². The van der Waals surface area contributed by atoms with E-state index in [0.717, 1.165) is 5.56 Å². The molecule has 2 aliphatic heterocycles. The number of amides is 4. The van der Waals surface area contributed by atoms with Crippen molar-refractivity contribution in [1.29, 1.82) is 0 Å². The molecule has 30 heavy (non-hydrogen) atoms. The second-order valence-corrected chi connectivity index (χ2v) is 7.00. The molecule has 0 saturated carbocycles. The van der Waals surface area contributed by atoms with Crippen LogP contribution in [0.2, 0.25) is 0 Å². The number of hydrogen-bond acceptors (Lipinski definition) is 6. The summed E-state index contributed by atoms with van der Waals surface area (Å²) in [6, 6.07) is 9.66. The molecule has 2 N–H and O–H groups in total. The Hall–Kier alpha value is -2.88. The fourth-order valence-electron chi connectivity index (χ4n) is 3.82. The molecule has 5 rings (SSSR count). The van der Waals surface area contributed by atoms with E-state index in [4.69, 9.17) is 9.15 Å². The first kappa shape index (κ1) is 20.4. The second-order valence-electron chi connectivity index (χ2n) is 7.00. The molecule has 0 aliphatic carbocycles. The molecular weight excluding hydrogens is 399 g/mol. The van der Waals surface area contributed by atoms with Crippen molar-refractivity contribution < 1.29 is 53.1 Å². The van der Waals surface area contributed by atoms with Gasteiger partial charge >= 0.3 is 35.6 Å². The zero-order valence-electron chi connectivity index (χ0n) is 16.4. The maximum atomic E-state index is 13.0. The maximum Gasteiger partial charge on any atom is 1.00 e. The Bertz CT molecular complexity index is 1160. The number of ether oxygens (including phenoxy) is 1. The number of hydrogen-bond donors (Lipinski definition) is 2. The van der Waals surface area contributed by atoms with Gasteiger partial charge in [0, 0.05) is 24.4 Å². The number of nitrogens with zero attached hydrogens (tertiary/aromatic N) is 2. The number of benzene rings is 1. The van der Waals surface area contributed by atoms with Gasteiger partial charge in [0.25, 0.3) is 11.8 Å². The summed E-state index contributed by atoms with van der Waals surface area (Å²) in [4.78, 5) is 43.5. The summed E-state index contributed by atoms with van der Waals surface area (Å²) in [5.41, 5.74) is 0.824. The third kappa shape index (κ3) is 3.06. The van der Waals surface area contributed by atoms with E-state index in [1.165, 1.54) is 12.0 Å². The molecule has 4 amide bonds. The topological polar surface area (TPSA) is 114 Å². The molecule has 3 aromatic rings. The zero-order chi connectivity index (χ0) is 20.2.